The molecule has 2 aliphatic heterocycles. The Morgan fingerprint density at radius 3 is 2.72 bits per heavy atom. The SMILES string of the molecule is COC(=O)CC1COC(C)(C2CCN(C)CC2)O1. The maximum atomic E-state index is 11.2. The predicted molar refractivity (Wildman–Crippen MR) is 66.1 cm³/mol. The topological polar surface area (TPSA) is 48.0 Å². The van der Waals surface area contributed by atoms with E-state index in [0.29, 0.717) is 12.5 Å². The first-order valence-electron chi connectivity index (χ1n) is 6.60. The summed E-state index contributed by atoms with van der Waals surface area (Å²) in [6, 6.07) is 0. The van der Waals surface area contributed by atoms with Crippen molar-refractivity contribution >= 4 is 5.97 Å². The molecule has 18 heavy (non-hydrogen) atoms. The van der Waals surface area contributed by atoms with Crippen molar-refractivity contribution in [2.24, 2.45) is 5.92 Å². The summed E-state index contributed by atoms with van der Waals surface area (Å²) in [6.07, 6.45) is 2.27. The van der Waals surface area contributed by atoms with E-state index >= 15 is 0 Å². The van der Waals surface area contributed by atoms with E-state index in [1.165, 1.54) is 7.11 Å². The van der Waals surface area contributed by atoms with Crippen molar-refractivity contribution in [1.29, 1.82) is 0 Å². The van der Waals surface area contributed by atoms with Crippen molar-refractivity contribution < 1.29 is 19.0 Å². The van der Waals surface area contributed by atoms with Gasteiger partial charge in [-0.05, 0) is 39.9 Å². The molecule has 2 fully saturated rings. The van der Waals surface area contributed by atoms with Crippen LogP contribution in [-0.2, 0) is 19.0 Å². The standard InChI is InChI=1S/C13H23NO4/c1-13(10-4-6-14(2)7-5-10)17-9-11(18-13)8-12(15)16-3/h10-11H,4-9H2,1-3H3. The summed E-state index contributed by atoms with van der Waals surface area (Å²) in [6.45, 7) is 4.64. The van der Waals surface area contributed by atoms with Crippen LogP contribution in [0.4, 0.5) is 0 Å². The van der Waals surface area contributed by atoms with Crippen LogP contribution in [0.3, 0.4) is 0 Å². The Labute approximate surface area is 108 Å². The Morgan fingerprint density at radius 2 is 2.11 bits per heavy atom. The van der Waals surface area contributed by atoms with Crippen LogP contribution in [0.5, 0.6) is 0 Å². The van der Waals surface area contributed by atoms with E-state index in [1.54, 1.807) is 0 Å². The lowest BCUT2D eigenvalue weighted by Crippen LogP contribution is -2.43. The second-order valence-corrected chi connectivity index (χ2v) is 5.42. The highest BCUT2D eigenvalue weighted by atomic mass is 16.7. The molecule has 0 radical (unpaired) electrons. The van der Waals surface area contributed by atoms with E-state index in [9.17, 15) is 4.79 Å². The second-order valence-electron chi connectivity index (χ2n) is 5.42. The third-order valence-corrected chi connectivity index (χ3v) is 4.04. The van der Waals surface area contributed by atoms with Crippen molar-refractivity contribution in [1.82, 2.24) is 4.90 Å². The molecule has 0 aliphatic carbocycles. The molecule has 104 valence electrons. The van der Waals surface area contributed by atoms with Crippen LogP contribution in [0.1, 0.15) is 26.2 Å². The van der Waals surface area contributed by atoms with Crippen LogP contribution >= 0.6 is 0 Å². The maximum absolute atomic E-state index is 11.2. The second kappa shape index (κ2) is 5.55. The molecule has 2 saturated heterocycles. The molecule has 0 amide bonds. The van der Waals surface area contributed by atoms with Crippen LogP contribution in [0.15, 0.2) is 0 Å². The minimum atomic E-state index is -0.528. The fourth-order valence-electron chi connectivity index (χ4n) is 2.77. The molecule has 0 saturated carbocycles. The van der Waals surface area contributed by atoms with Gasteiger partial charge in [0.1, 0.15) is 0 Å². The highest BCUT2D eigenvalue weighted by Crippen LogP contribution is 2.37. The maximum Gasteiger partial charge on any atom is 0.308 e. The fourth-order valence-corrected chi connectivity index (χ4v) is 2.77. The lowest BCUT2D eigenvalue weighted by Gasteiger charge is -2.38. The first-order valence-corrected chi connectivity index (χ1v) is 6.60. The van der Waals surface area contributed by atoms with Gasteiger partial charge in [-0.1, -0.05) is 0 Å². The van der Waals surface area contributed by atoms with Crippen LogP contribution in [-0.4, -0.2) is 56.6 Å². The van der Waals surface area contributed by atoms with Crippen LogP contribution < -0.4 is 0 Å². The number of hydrogen-bond acceptors (Lipinski definition) is 5. The van der Waals surface area contributed by atoms with E-state index in [1.807, 2.05) is 6.92 Å². The molecule has 0 aromatic rings. The lowest BCUT2D eigenvalue weighted by molar-refractivity contribution is -0.200. The molecule has 0 aromatic heterocycles. The molecule has 5 nitrogen and oxygen atoms in total. The Hall–Kier alpha value is -0.650. The molecular formula is C13H23NO4. The monoisotopic (exact) mass is 257 g/mol. The third-order valence-electron chi connectivity index (χ3n) is 4.04. The summed E-state index contributed by atoms with van der Waals surface area (Å²) in [5, 5.41) is 0. The Balaban J connectivity index is 1.87. The van der Waals surface area contributed by atoms with Gasteiger partial charge in [0.25, 0.3) is 0 Å². The molecule has 0 bridgehead atoms. The molecule has 2 unspecified atom stereocenters. The number of carbonyl (C=O) groups is 1. The van der Waals surface area contributed by atoms with E-state index < -0.39 is 5.79 Å². The number of rotatable bonds is 3. The zero-order valence-electron chi connectivity index (χ0n) is 11.5. The van der Waals surface area contributed by atoms with Crippen LogP contribution in [0.25, 0.3) is 0 Å². The highest BCUT2D eigenvalue weighted by molar-refractivity contribution is 5.69. The number of hydrogen-bond donors (Lipinski definition) is 0. The molecule has 2 heterocycles. The highest BCUT2D eigenvalue weighted by Gasteiger charge is 2.45. The Bertz CT molecular complexity index is 301. The van der Waals surface area contributed by atoms with Gasteiger partial charge in [-0.3, -0.25) is 4.79 Å². The Kier molecular flexibility index (Phi) is 4.25. The van der Waals surface area contributed by atoms with E-state index in [2.05, 4.69) is 16.7 Å². The average Bonchev–Trinajstić information content (AvgIpc) is 2.72. The van der Waals surface area contributed by atoms with Gasteiger partial charge in [0.2, 0.25) is 0 Å². The number of likely N-dealkylation sites (tertiary alicyclic amines) is 1. The zero-order chi connectivity index (χ0) is 13.2. The van der Waals surface area contributed by atoms with Gasteiger partial charge in [0, 0.05) is 5.92 Å². The predicted octanol–water partition coefficient (Wildman–Crippen LogP) is 1.02. The summed E-state index contributed by atoms with van der Waals surface area (Å²) < 4.78 is 16.4. The molecule has 0 spiro atoms. The minimum absolute atomic E-state index is 0.165. The molecule has 0 N–H and O–H groups in total. The lowest BCUT2D eigenvalue weighted by atomic mass is 9.89. The van der Waals surface area contributed by atoms with E-state index in [0.717, 1.165) is 25.9 Å². The molecule has 5 heteroatoms. The van der Waals surface area contributed by atoms with Gasteiger partial charge >= 0.3 is 5.97 Å². The number of ether oxygens (including phenoxy) is 3. The van der Waals surface area contributed by atoms with E-state index in [4.69, 9.17) is 9.47 Å². The van der Waals surface area contributed by atoms with Gasteiger partial charge in [0.15, 0.2) is 5.79 Å². The van der Waals surface area contributed by atoms with Crippen molar-refractivity contribution in [3.8, 4) is 0 Å². The number of piperidine rings is 1. The molecule has 0 aromatic carbocycles. The number of nitrogens with zero attached hydrogens (tertiary/aromatic N) is 1. The van der Waals surface area contributed by atoms with Crippen molar-refractivity contribution in [3.63, 3.8) is 0 Å². The summed E-state index contributed by atoms with van der Waals surface area (Å²) in [5.74, 6) is -0.354. The first-order chi connectivity index (χ1) is 8.53. The molecular weight excluding hydrogens is 234 g/mol. The number of esters is 1. The van der Waals surface area contributed by atoms with Crippen molar-refractivity contribution in [2.45, 2.75) is 38.1 Å². The average molecular weight is 257 g/mol. The van der Waals surface area contributed by atoms with Gasteiger partial charge in [-0.25, -0.2) is 0 Å². The van der Waals surface area contributed by atoms with Gasteiger partial charge in [-0.2, -0.15) is 0 Å². The minimum Gasteiger partial charge on any atom is -0.469 e. The smallest absolute Gasteiger partial charge is 0.308 e. The summed E-state index contributed by atoms with van der Waals surface area (Å²) in [7, 11) is 3.53. The van der Waals surface area contributed by atoms with Gasteiger partial charge in [-0.15, -0.1) is 0 Å². The van der Waals surface area contributed by atoms with Crippen LogP contribution in [0, 0.1) is 5.92 Å². The molecule has 2 atom stereocenters. The number of carbonyl (C=O) groups excluding carboxylic acids is 1. The fraction of sp³-hybridized carbons (Fsp3) is 0.923. The van der Waals surface area contributed by atoms with Gasteiger partial charge in [0.05, 0.1) is 26.2 Å². The summed E-state index contributed by atoms with van der Waals surface area (Å²) >= 11 is 0. The van der Waals surface area contributed by atoms with Crippen LogP contribution in [0.2, 0.25) is 0 Å². The van der Waals surface area contributed by atoms with Crippen molar-refractivity contribution in [2.75, 3.05) is 33.9 Å². The number of methoxy groups -OCH3 is 1. The first kappa shape index (κ1) is 13.8. The summed E-state index contributed by atoms with van der Waals surface area (Å²) in [5.41, 5.74) is 0. The molecule has 2 rings (SSSR count). The van der Waals surface area contributed by atoms with Gasteiger partial charge < -0.3 is 19.1 Å². The third kappa shape index (κ3) is 3.02. The molecule has 2 aliphatic rings. The summed E-state index contributed by atoms with van der Waals surface area (Å²) in [4.78, 5) is 13.6. The zero-order valence-corrected chi connectivity index (χ0v) is 11.5. The quantitative estimate of drug-likeness (QED) is 0.707. The largest absolute Gasteiger partial charge is 0.469 e. The Morgan fingerprint density at radius 1 is 1.44 bits per heavy atom. The normalized spacial score (nSPS) is 34.7. The van der Waals surface area contributed by atoms with E-state index in [-0.39, 0.29) is 18.5 Å². The van der Waals surface area contributed by atoms with Crippen molar-refractivity contribution in [3.05, 3.63) is 0 Å².